The van der Waals surface area contributed by atoms with Gasteiger partial charge in [0.05, 0.1) is 22.4 Å². The van der Waals surface area contributed by atoms with Crippen LogP contribution in [0.3, 0.4) is 0 Å². The lowest BCUT2D eigenvalue weighted by atomic mass is 10.1. The van der Waals surface area contributed by atoms with Gasteiger partial charge in [0, 0.05) is 24.6 Å². The van der Waals surface area contributed by atoms with Crippen molar-refractivity contribution < 1.29 is 18.0 Å². The maximum atomic E-state index is 12.9. The largest absolute Gasteiger partial charge is 0.416 e. The molecule has 0 bridgehead atoms. The Morgan fingerprint density at radius 3 is 2.32 bits per heavy atom. The highest BCUT2D eigenvalue weighted by Gasteiger charge is 2.30. The molecular formula is C22H17F3N4O2. The molecule has 0 saturated carbocycles. The van der Waals surface area contributed by atoms with Crippen LogP contribution in [-0.4, -0.2) is 20.3 Å². The molecule has 0 unspecified atom stereocenters. The highest BCUT2D eigenvalue weighted by Crippen LogP contribution is 2.30. The van der Waals surface area contributed by atoms with Gasteiger partial charge in [0.1, 0.15) is 5.69 Å². The van der Waals surface area contributed by atoms with Crippen molar-refractivity contribution in [3.63, 3.8) is 0 Å². The van der Waals surface area contributed by atoms with Crippen LogP contribution in [0.15, 0.2) is 71.8 Å². The number of rotatable bonds is 4. The van der Waals surface area contributed by atoms with Crippen molar-refractivity contribution in [3.05, 3.63) is 88.5 Å². The normalized spacial score (nSPS) is 11.6. The number of pyridine rings is 1. The van der Waals surface area contributed by atoms with Crippen molar-refractivity contribution in [3.8, 4) is 16.9 Å². The number of carbonyl (C=O) groups is 1. The van der Waals surface area contributed by atoms with E-state index >= 15 is 0 Å². The van der Waals surface area contributed by atoms with Crippen LogP contribution in [0.2, 0.25) is 0 Å². The van der Waals surface area contributed by atoms with E-state index in [-0.39, 0.29) is 28.1 Å². The lowest BCUT2D eigenvalue weighted by Crippen LogP contribution is -2.17. The number of hydrogen-bond donors (Lipinski definition) is 1. The van der Waals surface area contributed by atoms with Crippen LogP contribution >= 0.6 is 0 Å². The van der Waals surface area contributed by atoms with Gasteiger partial charge in [-0.25, -0.2) is 0 Å². The molecule has 0 saturated heterocycles. The fraction of sp³-hybridized carbons (Fsp3) is 0.136. The molecule has 2 aliphatic heterocycles. The van der Waals surface area contributed by atoms with E-state index in [9.17, 15) is 22.8 Å². The number of carbonyl (C=O) groups excluding carboxylic acids is 1. The third kappa shape index (κ3) is 3.94. The molecule has 0 fully saturated rings. The summed E-state index contributed by atoms with van der Waals surface area (Å²) in [5.41, 5.74) is 0.199. The molecule has 0 atom stereocenters. The average Bonchev–Trinajstić information content (AvgIpc) is 3.10. The second kappa shape index (κ2) is 7.75. The minimum Gasteiger partial charge on any atom is -0.353 e. The molecule has 1 amide bonds. The number of halogens is 3. The Hall–Kier alpha value is -3.88. The first-order chi connectivity index (χ1) is 14.8. The number of nitrogens with one attached hydrogen (secondary N) is 1. The summed E-state index contributed by atoms with van der Waals surface area (Å²) in [4.78, 5) is 25.8. The molecule has 158 valence electrons. The third-order valence-electron chi connectivity index (χ3n) is 4.80. The molecule has 0 radical (unpaired) electrons. The first kappa shape index (κ1) is 20.4. The number of nitrogens with zero attached hydrogens (tertiary/aromatic N) is 3. The Bertz CT molecular complexity index is 1260. The van der Waals surface area contributed by atoms with Gasteiger partial charge in [-0.2, -0.15) is 23.0 Å². The van der Waals surface area contributed by atoms with Gasteiger partial charge in [0.25, 0.3) is 11.5 Å². The van der Waals surface area contributed by atoms with Gasteiger partial charge < -0.3 is 9.88 Å². The van der Waals surface area contributed by atoms with Crippen LogP contribution in [0.25, 0.3) is 16.9 Å². The summed E-state index contributed by atoms with van der Waals surface area (Å²) in [5, 5.41) is 6.93. The first-order valence-corrected chi connectivity index (χ1v) is 9.45. The lowest BCUT2D eigenvalue weighted by molar-refractivity contribution is -0.137. The molecule has 1 N–H and O–H groups in total. The van der Waals surface area contributed by atoms with Gasteiger partial charge in [-0.1, -0.05) is 18.2 Å². The van der Waals surface area contributed by atoms with Crippen molar-refractivity contribution in [2.75, 3.05) is 5.32 Å². The van der Waals surface area contributed by atoms with E-state index in [1.54, 1.807) is 41.2 Å². The number of aryl methyl sites for hydroxylation is 1. The summed E-state index contributed by atoms with van der Waals surface area (Å²) in [5.74, 6) is -0.578. The van der Waals surface area contributed by atoms with Crippen molar-refractivity contribution in [2.45, 2.75) is 19.6 Å². The van der Waals surface area contributed by atoms with Gasteiger partial charge in [-0.3, -0.25) is 9.59 Å². The van der Waals surface area contributed by atoms with Gasteiger partial charge in [-0.05, 0) is 43.3 Å². The molecule has 9 heteroatoms. The third-order valence-corrected chi connectivity index (χ3v) is 4.80. The number of aromatic nitrogens is 3. The summed E-state index contributed by atoms with van der Waals surface area (Å²) in [7, 11) is 0. The van der Waals surface area contributed by atoms with E-state index in [1.165, 1.54) is 16.8 Å². The number of amides is 1. The molecule has 0 aromatic heterocycles. The first-order valence-electron chi connectivity index (χ1n) is 9.45. The van der Waals surface area contributed by atoms with Gasteiger partial charge in [-0.15, -0.1) is 0 Å². The van der Waals surface area contributed by atoms with Crippen LogP contribution < -0.4 is 10.9 Å². The number of para-hydroxylation sites is 1. The minimum absolute atomic E-state index is 0.144. The fourth-order valence-corrected chi connectivity index (χ4v) is 3.19. The molecule has 31 heavy (non-hydrogen) atoms. The van der Waals surface area contributed by atoms with Crippen LogP contribution in [0.1, 0.15) is 22.8 Å². The van der Waals surface area contributed by atoms with E-state index < -0.39 is 17.6 Å². The molecule has 0 aliphatic carbocycles. The van der Waals surface area contributed by atoms with Crippen molar-refractivity contribution in [1.29, 1.82) is 0 Å². The maximum Gasteiger partial charge on any atom is 0.416 e. The molecule has 2 aromatic rings. The maximum absolute atomic E-state index is 12.9. The fourth-order valence-electron chi connectivity index (χ4n) is 3.19. The number of fused-ring (bicyclic) bond motifs is 1. The van der Waals surface area contributed by atoms with E-state index in [0.29, 0.717) is 12.2 Å². The van der Waals surface area contributed by atoms with Crippen LogP contribution in [0.4, 0.5) is 18.9 Å². The molecule has 6 nitrogen and oxygen atoms in total. The topological polar surface area (TPSA) is 68.9 Å². The monoisotopic (exact) mass is 426 g/mol. The highest BCUT2D eigenvalue weighted by molar-refractivity contribution is 6.08. The predicted octanol–water partition coefficient (Wildman–Crippen LogP) is 4.43. The zero-order valence-electron chi connectivity index (χ0n) is 16.3. The van der Waals surface area contributed by atoms with Crippen LogP contribution in [0, 0.1) is 0 Å². The minimum atomic E-state index is -4.46. The van der Waals surface area contributed by atoms with Crippen molar-refractivity contribution >= 4 is 11.6 Å². The number of hydrogen-bond acceptors (Lipinski definition) is 3. The number of alkyl halides is 3. The Labute approximate surface area is 174 Å². The number of anilines is 1. The molecular weight excluding hydrogens is 409 g/mol. The Balaban J connectivity index is 1.74. The highest BCUT2D eigenvalue weighted by atomic mass is 19.4. The summed E-state index contributed by atoms with van der Waals surface area (Å²) in [6.07, 6.45) is -1.28. The second-order valence-corrected chi connectivity index (χ2v) is 6.85. The Kier molecular flexibility index (Phi) is 5.10. The smallest absolute Gasteiger partial charge is 0.353 e. The summed E-state index contributed by atoms with van der Waals surface area (Å²) in [6.45, 7) is 2.36. The van der Waals surface area contributed by atoms with E-state index in [0.717, 1.165) is 12.1 Å². The standard InChI is InChI=1S/C22H17F3N4O2/c1-2-28-12-17(20(30)26-15-10-8-14(9-11-15)22(23,24)25)19-18(13-28)21(31)29(27-19)16-6-4-3-5-7-16/h3-13H,2H2,1H3,(H,26,30). The van der Waals surface area contributed by atoms with Crippen molar-refractivity contribution in [1.82, 2.24) is 14.3 Å². The van der Waals surface area contributed by atoms with E-state index in [2.05, 4.69) is 10.4 Å². The molecule has 2 heterocycles. The Morgan fingerprint density at radius 2 is 1.71 bits per heavy atom. The number of benzene rings is 2. The predicted molar refractivity (Wildman–Crippen MR) is 110 cm³/mol. The zero-order valence-corrected chi connectivity index (χ0v) is 16.3. The summed E-state index contributed by atoms with van der Waals surface area (Å²) >= 11 is 0. The Morgan fingerprint density at radius 1 is 1.03 bits per heavy atom. The SMILES string of the molecule is CCn1cc(C(=O)Nc2ccc(C(F)(F)F)cc2)c2nn(-c3ccccc3)c(=O)c-2c1. The van der Waals surface area contributed by atoms with Gasteiger partial charge in [0.2, 0.25) is 0 Å². The van der Waals surface area contributed by atoms with Gasteiger partial charge in [0.15, 0.2) is 0 Å². The molecule has 0 spiro atoms. The van der Waals surface area contributed by atoms with E-state index in [4.69, 9.17) is 0 Å². The quantitative estimate of drug-likeness (QED) is 0.525. The average molecular weight is 426 g/mol. The molecule has 2 aliphatic rings. The molecule has 4 rings (SSSR count). The molecule has 2 aromatic carbocycles. The summed E-state index contributed by atoms with van der Waals surface area (Å²) in [6, 6.07) is 12.9. The van der Waals surface area contributed by atoms with Crippen LogP contribution in [-0.2, 0) is 12.7 Å². The zero-order chi connectivity index (χ0) is 22.2. The van der Waals surface area contributed by atoms with Crippen LogP contribution in [0.5, 0.6) is 0 Å². The van der Waals surface area contributed by atoms with Crippen molar-refractivity contribution in [2.24, 2.45) is 0 Å². The van der Waals surface area contributed by atoms with E-state index in [1.807, 2.05) is 13.0 Å². The second-order valence-electron chi connectivity index (χ2n) is 6.85. The summed E-state index contributed by atoms with van der Waals surface area (Å²) < 4.78 is 41.2. The van der Waals surface area contributed by atoms with Gasteiger partial charge >= 0.3 is 6.18 Å². The lowest BCUT2D eigenvalue weighted by Gasteiger charge is -2.12.